The van der Waals surface area contributed by atoms with Crippen molar-refractivity contribution in [3.8, 4) is 0 Å². The standard InChI is InChI=1S/C7H11NO/c1-2-6-7(9)4-3-5-8-6/h3-6,8-9H,2H2,1H3. The Morgan fingerprint density at radius 2 is 2.56 bits per heavy atom. The summed E-state index contributed by atoms with van der Waals surface area (Å²) < 4.78 is 0. The van der Waals surface area contributed by atoms with Gasteiger partial charge in [-0.2, -0.15) is 0 Å². The second-order valence-corrected chi connectivity index (χ2v) is 2.08. The van der Waals surface area contributed by atoms with Crippen molar-refractivity contribution in [1.29, 1.82) is 0 Å². The Labute approximate surface area is 54.9 Å². The van der Waals surface area contributed by atoms with Crippen molar-refractivity contribution in [3.05, 3.63) is 24.1 Å². The van der Waals surface area contributed by atoms with E-state index in [0.29, 0.717) is 5.76 Å². The van der Waals surface area contributed by atoms with Crippen molar-refractivity contribution in [2.75, 3.05) is 0 Å². The zero-order valence-electron chi connectivity index (χ0n) is 5.46. The fourth-order valence-electron chi connectivity index (χ4n) is 0.847. The van der Waals surface area contributed by atoms with Gasteiger partial charge in [0.05, 0.1) is 6.04 Å². The monoisotopic (exact) mass is 125 g/mol. The Morgan fingerprint density at radius 3 is 3.00 bits per heavy atom. The normalized spacial score (nSPS) is 25.0. The van der Waals surface area contributed by atoms with Gasteiger partial charge in [0.15, 0.2) is 0 Å². The summed E-state index contributed by atoms with van der Waals surface area (Å²) in [5.74, 6) is 0.431. The van der Waals surface area contributed by atoms with E-state index in [9.17, 15) is 0 Å². The largest absolute Gasteiger partial charge is 0.510 e. The zero-order valence-corrected chi connectivity index (χ0v) is 5.46. The topological polar surface area (TPSA) is 32.3 Å². The number of dihydropyridines is 1. The molecule has 0 fully saturated rings. The first-order valence-electron chi connectivity index (χ1n) is 3.16. The Hall–Kier alpha value is -0.920. The summed E-state index contributed by atoms with van der Waals surface area (Å²) in [6, 6.07) is 0.134. The average molecular weight is 125 g/mol. The van der Waals surface area contributed by atoms with E-state index in [1.165, 1.54) is 0 Å². The summed E-state index contributed by atoms with van der Waals surface area (Å²) in [4.78, 5) is 0. The van der Waals surface area contributed by atoms with E-state index in [-0.39, 0.29) is 6.04 Å². The molecule has 0 saturated carbocycles. The van der Waals surface area contributed by atoms with Crippen LogP contribution in [0.4, 0.5) is 0 Å². The maximum atomic E-state index is 9.12. The SMILES string of the molecule is CCC1NC=CC=C1O. The average Bonchev–Trinajstić information content (AvgIpc) is 1.89. The van der Waals surface area contributed by atoms with Gasteiger partial charge in [-0.3, -0.25) is 0 Å². The second-order valence-electron chi connectivity index (χ2n) is 2.08. The number of hydrogen-bond donors (Lipinski definition) is 2. The van der Waals surface area contributed by atoms with Crippen LogP contribution in [0.3, 0.4) is 0 Å². The van der Waals surface area contributed by atoms with Gasteiger partial charge in [0.25, 0.3) is 0 Å². The van der Waals surface area contributed by atoms with Gasteiger partial charge in [-0.15, -0.1) is 0 Å². The van der Waals surface area contributed by atoms with Crippen LogP contribution in [-0.4, -0.2) is 11.1 Å². The first-order chi connectivity index (χ1) is 4.34. The fourth-order valence-corrected chi connectivity index (χ4v) is 0.847. The van der Waals surface area contributed by atoms with Crippen LogP contribution in [0.15, 0.2) is 24.1 Å². The van der Waals surface area contributed by atoms with Crippen molar-refractivity contribution in [2.45, 2.75) is 19.4 Å². The minimum Gasteiger partial charge on any atom is -0.510 e. The molecule has 0 radical (unpaired) electrons. The number of hydrogen-bond acceptors (Lipinski definition) is 2. The van der Waals surface area contributed by atoms with Crippen LogP contribution in [0, 0.1) is 0 Å². The first kappa shape index (κ1) is 6.20. The number of aliphatic hydroxyl groups is 1. The lowest BCUT2D eigenvalue weighted by Gasteiger charge is -2.16. The molecule has 2 nitrogen and oxygen atoms in total. The molecular weight excluding hydrogens is 114 g/mol. The van der Waals surface area contributed by atoms with E-state index < -0.39 is 0 Å². The third kappa shape index (κ3) is 1.25. The van der Waals surface area contributed by atoms with Gasteiger partial charge in [-0.25, -0.2) is 0 Å². The van der Waals surface area contributed by atoms with Crippen LogP contribution in [-0.2, 0) is 0 Å². The molecule has 0 amide bonds. The molecule has 0 aromatic rings. The highest BCUT2D eigenvalue weighted by molar-refractivity contribution is 5.16. The smallest absolute Gasteiger partial charge is 0.114 e. The maximum absolute atomic E-state index is 9.12. The summed E-state index contributed by atoms with van der Waals surface area (Å²) in [5.41, 5.74) is 0. The maximum Gasteiger partial charge on any atom is 0.114 e. The summed E-state index contributed by atoms with van der Waals surface area (Å²) in [6.07, 6.45) is 6.27. The van der Waals surface area contributed by atoms with Gasteiger partial charge in [0.2, 0.25) is 0 Å². The van der Waals surface area contributed by atoms with Crippen LogP contribution in [0.25, 0.3) is 0 Å². The molecule has 50 valence electrons. The first-order valence-corrected chi connectivity index (χ1v) is 3.16. The molecule has 1 unspecified atom stereocenters. The number of allylic oxidation sites excluding steroid dienone is 2. The van der Waals surface area contributed by atoms with Crippen molar-refractivity contribution >= 4 is 0 Å². The third-order valence-electron chi connectivity index (χ3n) is 1.43. The molecule has 1 aliphatic heterocycles. The van der Waals surface area contributed by atoms with Crippen LogP contribution in [0.5, 0.6) is 0 Å². The van der Waals surface area contributed by atoms with E-state index in [0.717, 1.165) is 6.42 Å². The van der Waals surface area contributed by atoms with Crippen LogP contribution >= 0.6 is 0 Å². The molecule has 0 saturated heterocycles. The van der Waals surface area contributed by atoms with Crippen molar-refractivity contribution in [2.24, 2.45) is 0 Å². The minimum atomic E-state index is 0.134. The summed E-state index contributed by atoms with van der Waals surface area (Å²) >= 11 is 0. The van der Waals surface area contributed by atoms with Crippen molar-refractivity contribution < 1.29 is 5.11 Å². The van der Waals surface area contributed by atoms with Crippen molar-refractivity contribution in [3.63, 3.8) is 0 Å². The van der Waals surface area contributed by atoms with E-state index in [1.54, 1.807) is 12.2 Å². The summed E-state index contributed by atoms with van der Waals surface area (Å²) in [5, 5.41) is 12.1. The molecule has 2 heteroatoms. The molecule has 0 bridgehead atoms. The zero-order chi connectivity index (χ0) is 6.69. The molecule has 2 N–H and O–H groups in total. The second kappa shape index (κ2) is 2.58. The van der Waals surface area contributed by atoms with Gasteiger partial charge >= 0.3 is 0 Å². The Balaban J connectivity index is 2.59. The molecule has 1 aliphatic rings. The molecule has 9 heavy (non-hydrogen) atoms. The van der Waals surface area contributed by atoms with Gasteiger partial charge in [0, 0.05) is 0 Å². The Bertz CT molecular complexity index is 149. The molecule has 1 rings (SSSR count). The molecule has 0 aliphatic carbocycles. The number of aliphatic hydroxyl groups excluding tert-OH is 1. The lowest BCUT2D eigenvalue weighted by atomic mass is 10.1. The minimum absolute atomic E-state index is 0.134. The molecule has 1 heterocycles. The quantitative estimate of drug-likeness (QED) is 0.554. The molecule has 0 aromatic heterocycles. The summed E-state index contributed by atoms with van der Waals surface area (Å²) in [7, 11) is 0. The molecule has 0 aromatic carbocycles. The lowest BCUT2D eigenvalue weighted by Crippen LogP contribution is -2.27. The lowest BCUT2D eigenvalue weighted by molar-refractivity contribution is 0.345. The van der Waals surface area contributed by atoms with E-state index in [1.807, 2.05) is 13.1 Å². The molecule has 1 atom stereocenters. The highest BCUT2D eigenvalue weighted by Gasteiger charge is 2.09. The van der Waals surface area contributed by atoms with E-state index >= 15 is 0 Å². The van der Waals surface area contributed by atoms with Gasteiger partial charge in [-0.1, -0.05) is 6.92 Å². The van der Waals surface area contributed by atoms with Crippen LogP contribution in [0.1, 0.15) is 13.3 Å². The number of rotatable bonds is 1. The highest BCUT2D eigenvalue weighted by atomic mass is 16.3. The predicted molar refractivity (Wildman–Crippen MR) is 37.1 cm³/mol. The molecule has 0 spiro atoms. The van der Waals surface area contributed by atoms with Gasteiger partial charge in [-0.05, 0) is 24.8 Å². The van der Waals surface area contributed by atoms with Crippen LogP contribution < -0.4 is 5.32 Å². The predicted octanol–water partition coefficient (Wildman–Crippen LogP) is 1.32. The fraction of sp³-hybridized carbons (Fsp3) is 0.429. The Kier molecular flexibility index (Phi) is 1.78. The Morgan fingerprint density at radius 1 is 1.78 bits per heavy atom. The van der Waals surface area contributed by atoms with Gasteiger partial charge in [0.1, 0.15) is 5.76 Å². The van der Waals surface area contributed by atoms with E-state index in [4.69, 9.17) is 5.11 Å². The van der Waals surface area contributed by atoms with E-state index in [2.05, 4.69) is 5.32 Å². The van der Waals surface area contributed by atoms with Crippen LogP contribution in [0.2, 0.25) is 0 Å². The molecular formula is C7H11NO. The van der Waals surface area contributed by atoms with Gasteiger partial charge < -0.3 is 10.4 Å². The summed E-state index contributed by atoms with van der Waals surface area (Å²) in [6.45, 7) is 2.03. The number of nitrogens with one attached hydrogen (secondary N) is 1. The highest BCUT2D eigenvalue weighted by Crippen LogP contribution is 2.05. The van der Waals surface area contributed by atoms with Crippen molar-refractivity contribution in [1.82, 2.24) is 5.32 Å². The third-order valence-corrected chi connectivity index (χ3v) is 1.43.